The maximum absolute atomic E-state index is 10.8. The Bertz CT molecular complexity index is 965. The van der Waals surface area contributed by atoms with Crippen molar-refractivity contribution in [1.29, 1.82) is 0 Å². The van der Waals surface area contributed by atoms with Crippen molar-refractivity contribution >= 4 is 44.9 Å². The summed E-state index contributed by atoms with van der Waals surface area (Å²) in [4.78, 5) is 14.5. The Kier molecular flexibility index (Phi) is 4.22. The van der Waals surface area contributed by atoms with Gasteiger partial charge in [-0.1, -0.05) is 15.9 Å². The molecule has 0 aliphatic rings. The topological polar surface area (TPSA) is 98.6 Å². The molecule has 0 radical (unpaired) electrons. The van der Waals surface area contributed by atoms with Gasteiger partial charge in [-0.3, -0.25) is 10.1 Å². The van der Waals surface area contributed by atoms with E-state index in [1.807, 2.05) is 0 Å². The predicted molar refractivity (Wildman–Crippen MR) is 92.0 cm³/mol. The van der Waals surface area contributed by atoms with Gasteiger partial charge in [0.25, 0.3) is 5.69 Å². The Morgan fingerprint density at radius 3 is 2.83 bits per heavy atom. The summed E-state index contributed by atoms with van der Waals surface area (Å²) in [6.07, 6.45) is 3.31. The van der Waals surface area contributed by atoms with Gasteiger partial charge in [0, 0.05) is 22.7 Å². The predicted octanol–water partition coefficient (Wildman–Crippen LogP) is 4.38. The molecule has 0 bridgehead atoms. The molecule has 0 atom stereocenters. The van der Waals surface area contributed by atoms with Crippen LogP contribution in [0, 0.1) is 10.1 Å². The Balaban J connectivity index is 1.93. The quantitative estimate of drug-likeness (QED) is 0.523. The van der Waals surface area contributed by atoms with E-state index in [1.54, 1.807) is 18.2 Å². The number of oxazole rings is 1. The van der Waals surface area contributed by atoms with E-state index < -0.39 is 4.92 Å². The Hall–Kier alpha value is -2.87. The summed E-state index contributed by atoms with van der Waals surface area (Å²) in [5, 5.41) is 20.6. The summed E-state index contributed by atoms with van der Waals surface area (Å²) < 4.78 is 11.3. The first kappa shape index (κ1) is 16.0. The molecule has 2 aromatic carbocycles. The molecular formula is C16H11BrN2O5. The lowest BCUT2D eigenvalue weighted by Gasteiger charge is -2.06. The first-order chi connectivity index (χ1) is 11.5. The number of rotatable bonds is 4. The Morgan fingerprint density at radius 2 is 2.12 bits per heavy atom. The zero-order valence-electron chi connectivity index (χ0n) is 12.4. The van der Waals surface area contributed by atoms with Crippen molar-refractivity contribution in [2.45, 2.75) is 0 Å². The molecule has 0 unspecified atom stereocenters. The number of non-ortho nitro benzene ring substituents is 1. The summed E-state index contributed by atoms with van der Waals surface area (Å²) >= 11 is 3.39. The lowest BCUT2D eigenvalue weighted by atomic mass is 10.2. The third-order valence-electron chi connectivity index (χ3n) is 3.30. The van der Waals surface area contributed by atoms with Gasteiger partial charge >= 0.3 is 0 Å². The third kappa shape index (κ3) is 3.09. The van der Waals surface area contributed by atoms with Gasteiger partial charge in [0.1, 0.15) is 5.52 Å². The summed E-state index contributed by atoms with van der Waals surface area (Å²) in [7, 11) is 1.47. The summed E-state index contributed by atoms with van der Waals surface area (Å²) in [5.41, 5.74) is 1.51. The summed E-state index contributed by atoms with van der Waals surface area (Å²) in [6.45, 7) is 0. The van der Waals surface area contributed by atoms with E-state index in [1.165, 1.54) is 31.4 Å². The van der Waals surface area contributed by atoms with Crippen LogP contribution in [-0.2, 0) is 0 Å². The second-order valence-electron chi connectivity index (χ2n) is 4.84. The van der Waals surface area contributed by atoms with E-state index in [2.05, 4.69) is 20.9 Å². The van der Waals surface area contributed by atoms with Crippen LogP contribution in [0.4, 0.5) is 5.69 Å². The largest absolute Gasteiger partial charge is 0.504 e. The number of hydrogen-bond donors (Lipinski definition) is 1. The molecule has 0 fully saturated rings. The zero-order chi connectivity index (χ0) is 17.3. The lowest BCUT2D eigenvalue weighted by molar-refractivity contribution is -0.384. The van der Waals surface area contributed by atoms with Gasteiger partial charge in [-0.2, -0.15) is 0 Å². The van der Waals surface area contributed by atoms with E-state index in [9.17, 15) is 15.2 Å². The average molecular weight is 391 g/mol. The maximum atomic E-state index is 10.8. The first-order valence-electron chi connectivity index (χ1n) is 6.77. The molecule has 0 saturated carbocycles. The second-order valence-corrected chi connectivity index (χ2v) is 5.69. The number of aromatic hydroxyl groups is 1. The molecule has 0 aliphatic heterocycles. The fourth-order valence-electron chi connectivity index (χ4n) is 2.13. The molecule has 1 aromatic heterocycles. The van der Waals surface area contributed by atoms with Crippen LogP contribution in [0.25, 0.3) is 23.3 Å². The smallest absolute Gasteiger partial charge is 0.271 e. The Morgan fingerprint density at radius 1 is 1.33 bits per heavy atom. The molecule has 0 spiro atoms. The number of phenols is 1. The number of aromatic nitrogens is 1. The lowest BCUT2D eigenvalue weighted by Crippen LogP contribution is -1.86. The van der Waals surface area contributed by atoms with Crippen molar-refractivity contribution < 1.29 is 19.2 Å². The fourth-order valence-corrected chi connectivity index (χ4v) is 2.59. The molecule has 7 nitrogen and oxygen atoms in total. The zero-order valence-corrected chi connectivity index (χ0v) is 14.0. The maximum Gasteiger partial charge on any atom is 0.271 e. The highest BCUT2D eigenvalue weighted by Gasteiger charge is 2.11. The molecule has 0 saturated heterocycles. The number of fused-ring (bicyclic) bond motifs is 1. The minimum Gasteiger partial charge on any atom is -0.504 e. The van der Waals surface area contributed by atoms with Crippen LogP contribution in [-0.4, -0.2) is 22.1 Å². The molecule has 3 aromatic rings. The van der Waals surface area contributed by atoms with E-state index in [4.69, 9.17) is 9.15 Å². The van der Waals surface area contributed by atoms with Crippen LogP contribution in [0.2, 0.25) is 0 Å². The standard InChI is InChI=1S/C16H11BrN2O5/c1-23-15-8-11(17)9(6-13(15)20)2-5-16-18-12-7-10(19(21)22)3-4-14(12)24-16/h2-8,20H,1H3/b5-2+. The molecule has 8 heteroatoms. The van der Waals surface area contributed by atoms with Crippen LogP contribution >= 0.6 is 15.9 Å². The number of benzene rings is 2. The van der Waals surface area contributed by atoms with Crippen LogP contribution in [0.15, 0.2) is 39.2 Å². The highest BCUT2D eigenvalue weighted by Crippen LogP contribution is 2.33. The van der Waals surface area contributed by atoms with Gasteiger partial charge < -0.3 is 14.3 Å². The van der Waals surface area contributed by atoms with Crippen LogP contribution in [0.3, 0.4) is 0 Å². The molecular weight excluding hydrogens is 380 g/mol. The number of nitrogens with zero attached hydrogens (tertiary/aromatic N) is 2. The molecule has 0 aliphatic carbocycles. The average Bonchev–Trinajstić information content (AvgIpc) is 2.97. The van der Waals surface area contributed by atoms with Gasteiger partial charge in [0.15, 0.2) is 17.1 Å². The van der Waals surface area contributed by atoms with Crippen LogP contribution in [0.1, 0.15) is 11.5 Å². The highest BCUT2D eigenvalue weighted by molar-refractivity contribution is 9.10. The fraction of sp³-hybridized carbons (Fsp3) is 0.0625. The minimum absolute atomic E-state index is 0.00791. The van der Waals surface area contributed by atoms with Crippen molar-refractivity contribution in [3.63, 3.8) is 0 Å². The monoisotopic (exact) mass is 390 g/mol. The molecule has 1 heterocycles. The SMILES string of the molecule is COc1cc(Br)c(/C=C/c2nc3cc([N+](=O)[O-])ccc3o2)cc1O. The van der Waals surface area contributed by atoms with Crippen molar-refractivity contribution in [2.75, 3.05) is 7.11 Å². The number of nitro groups is 1. The molecule has 1 N–H and O–H groups in total. The molecule has 0 amide bonds. The number of hydrogen-bond acceptors (Lipinski definition) is 6. The van der Waals surface area contributed by atoms with Crippen molar-refractivity contribution in [3.05, 3.63) is 56.4 Å². The van der Waals surface area contributed by atoms with Gasteiger partial charge in [-0.05, 0) is 29.8 Å². The van der Waals surface area contributed by atoms with Gasteiger partial charge in [0.2, 0.25) is 5.89 Å². The number of halogens is 1. The molecule has 122 valence electrons. The second kappa shape index (κ2) is 6.32. The number of nitro benzene ring substituents is 1. The number of ether oxygens (including phenoxy) is 1. The van der Waals surface area contributed by atoms with E-state index >= 15 is 0 Å². The van der Waals surface area contributed by atoms with Gasteiger partial charge in [-0.15, -0.1) is 0 Å². The van der Waals surface area contributed by atoms with Gasteiger partial charge in [-0.25, -0.2) is 4.98 Å². The molecule has 3 rings (SSSR count). The van der Waals surface area contributed by atoms with Crippen molar-refractivity contribution in [3.8, 4) is 11.5 Å². The Labute approximate surface area is 144 Å². The van der Waals surface area contributed by atoms with Crippen molar-refractivity contribution in [1.82, 2.24) is 4.98 Å². The summed E-state index contributed by atoms with van der Waals surface area (Å²) in [6, 6.07) is 7.40. The third-order valence-corrected chi connectivity index (χ3v) is 3.99. The summed E-state index contributed by atoms with van der Waals surface area (Å²) in [5.74, 6) is 0.662. The first-order valence-corrected chi connectivity index (χ1v) is 7.57. The van der Waals surface area contributed by atoms with Gasteiger partial charge in [0.05, 0.1) is 12.0 Å². The number of phenolic OH excluding ortho intramolecular Hbond substituents is 1. The van der Waals surface area contributed by atoms with Crippen LogP contribution < -0.4 is 4.74 Å². The number of methoxy groups -OCH3 is 1. The minimum atomic E-state index is -0.485. The molecule has 24 heavy (non-hydrogen) atoms. The highest BCUT2D eigenvalue weighted by atomic mass is 79.9. The van der Waals surface area contributed by atoms with E-state index in [0.717, 1.165) is 4.47 Å². The van der Waals surface area contributed by atoms with Crippen LogP contribution in [0.5, 0.6) is 11.5 Å². The normalized spacial score (nSPS) is 11.2. The van der Waals surface area contributed by atoms with E-state index in [0.29, 0.717) is 28.3 Å². The van der Waals surface area contributed by atoms with E-state index in [-0.39, 0.29) is 11.4 Å². The van der Waals surface area contributed by atoms with Crippen molar-refractivity contribution in [2.24, 2.45) is 0 Å².